The molecule has 1 aromatic heterocycles. The van der Waals surface area contributed by atoms with Gasteiger partial charge in [0.2, 0.25) is 0 Å². The van der Waals surface area contributed by atoms with Crippen LogP contribution in [-0.2, 0) is 0 Å². The second-order valence-corrected chi connectivity index (χ2v) is 6.69. The lowest BCUT2D eigenvalue weighted by Crippen LogP contribution is -2.39. The Hall–Kier alpha value is -3.08. The SMILES string of the molecule is O=C(c1cccc(O)c1)N1CCCC(c2ncc(-c3ccccc3)[nH]2)C1. The van der Waals surface area contributed by atoms with Crippen LogP contribution in [0.25, 0.3) is 11.3 Å². The highest BCUT2D eigenvalue weighted by Crippen LogP contribution is 2.28. The fourth-order valence-electron chi connectivity index (χ4n) is 3.51. The summed E-state index contributed by atoms with van der Waals surface area (Å²) in [6.45, 7) is 1.37. The number of benzene rings is 2. The van der Waals surface area contributed by atoms with Crippen LogP contribution in [-0.4, -0.2) is 39.0 Å². The van der Waals surface area contributed by atoms with Gasteiger partial charge in [0.15, 0.2) is 0 Å². The summed E-state index contributed by atoms with van der Waals surface area (Å²) in [5, 5.41) is 9.62. The molecule has 132 valence electrons. The average molecular weight is 347 g/mol. The van der Waals surface area contributed by atoms with Crippen LogP contribution in [0, 0.1) is 0 Å². The lowest BCUT2D eigenvalue weighted by molar-refractivity contribution is 0.0704. The topological polar surface area (TPSA) is 69.2 Å². The second kappa shape index (κ2) is 7.04. The predicted octanol–water partition coefficient (Wildman–Crippen LogP) is 3.80. The minimum absolute atomic E-state index is 0.0413. The van der Waals surface area contributed by atoms with E-state index in [4.69, 9.17) is 0 Å². The molecule has 0 aliphatic carbocycles. The maximum absolute atomic E-state index is 12.7. The number of amides is 1. The van der Waals surface area contributed by atoms with Gasteiger partial charge >= 0.3 is 0 Å². The van der Waals surface area contributed by atoms with E-state index < -0.39 is 0 Å². The maximum Gasteiger partial charge on any atom is 0.254 e. The van der Waals surface area contributed by atoms with Crippen molar-refractivity contribution in [3.05, 3.63) is 72.2 Å². The Morgan fingerprint density at radius 1 is 1.15 bits per heavy atom. The van der Waals surface area contributed by atoms with Crippen molar-refractivity contribution in [1.82, 2.24) is 14.9 Å². The number of hydrogen-bond acceptors (Lipinski definition) is 3. The summed E-state index contributed by atoms with van der Waals surface area (Å²) in [6.07, 6.45) is 3.81. The molecule has 26 heavy (non-hydrogen) atoms. The number of piperidine rings is 1. The molecule has 1 aliphatic heterocycles. The summed E-state index contributed by atoms with van der Waals surface area (Å²) < 4.78 is 0. The molecule has 1 amide bonds. The summed E-state index contributed by atoms with van der Waals surface area (Å²) in [7, 11) is 0. The molecule has 0 spiro atoms. The molecule has 1 unspecified atom stereocenters. The highest BCUT2D eigenvalue weighted by molar-refractivity contribution is 5.94. The van der Waals surface area contributed by atoms with Gasteiger partial charge in [-0.25, -0.2) is 4.98 Å². The summed E-state index contributed by atoms with van der Waals surface area (Å²) in [5.41, 5.74) is 2.63. The van der Waals surface area contributed by atoms with Crippen LogP contribution in [0.3, 0.4) is 0 Å². The molecule has 2 heterocycles. The van der Waals surface area contributed by atoms with Crippen LogP contribution < -0.4 is 0 Å². The molecular formula is C21H21N3O2. The third-order valence-electron chi connectivity index (χ3n) is 4.87. The molecule has 0 saturated carbocycles. The highest BCUT2D eigenvalue weighted by atomic mass is 16.3. The minimum atomic E-state index is -0.0413. The largest absolute Gasteiger partial charge is 0.508 e. The number of nitrogens with zero attached hydrogens (tertiary/aromatic N) is 2. The fraction of sp³-hybridized carbons (Fsp3) is 0.238. The summed E-state index contributed by atoms with van der Waals surface area (Å²) in [6, 6.07) is 16.6. The number of carbonyl (C=O) groups excluding carboxylic acids is 1. The Balaban J connectivity index is 1.50. The van der Waals surface area contributed by atoms with E-state index in [0.717, 1.165) is 36.5 Å². The summed E-state index contributed by atoms with van der Waals surface area (Å²) in [5.74, 6) is 1.20. The number of phenolic OH excluding ortho intramolecular Hbond substituents is 1. The maximum atomic E-state index is 12.7. The van der Waals surface area contributed by atoms with Gasteiger partial charge in [0.1, 0.15) is 11.6 Å². The first kappa shape index (κ1) is 16.4. The van der Waals surface area contributed by atoms with Crippen LogP contribution in [0.2, 0.25) is 0 Å². The van der Waals surface area contributed by atoms with Gasteiger partial charge in [-0.1, -0.05) is 36.4 Å². The minimum Gasteiger partial charge on any atom is -0.508 e. The number of carbonyl (C=O) groups is 1. The number of hydrogen-bond donors (Lipinski definition) is 2. The monoisotopic (exact) mass is 347 g/mol. The lowest BCUT2D eigenvalue weighted by atomic mass is 9.96. The van der Waals surface area contributed by atoms with E-state index >= 15 is 0 Å². The molecule has 1 fully saturated rings. The van der Waals surface area contributed by atoms with Crippen LogP contribution >= 0.6 is 0 Å². The van der Waals surface area contributed by atoms with E-state index in [9.17, 15) is 9.90 Å². The Bertz CT molecular complexity index is 904. The van der Waals surface area contributed by atoms with Crippen molar-refractivity contribution >= 4 is 5.91 Å². The highest BCUT2D eigenvalue weighted by Gasteiger charge is 2.27. The van der Waals surface area contributed by atoms with Crippen LogP contribution in [0.4, 0.5) is 0 Å². The summed E-state index contributed by atoms with van der Waals surface area (Å²) >= 11 is 0. The van der Waals surface area contributed by atoms with Gasteiger partial charge in [-0.2, -0.15) is 0 Å². The molecule has 1 atom stereocenters. The number of likely N-dealkylation sites (tertiary alicyclic amines) is 1. The number of rotatable bonds is 3. The van der Waals surface area contributed by atoms with Gasteiger partial charge in [-0.15, -0.1) is 0 Å². The smallest absolute Gasteiger partial charge is 0.254 e. The summed E-state index contributed by atoms with van der Waals surface area (Å²) in [4.78, 5) is 22.6. The van der Waals surface area contributed by atoms with Crippen molar-refractivity contribution < 1.29 is 9.90 Å². The molecular weight excluding hydrogens is 326 g/mol. The van der Waals surface area contributed by atoms with Crippen molar-refractivity contribution in [1.29, 1.82) is 0 Å². The number of aromatic amines is 1. The van der Waals surface area contributed by atoms with Gasteiger partial charge in [-0.05, 0) is 36.6 Å². The van der Waals surface area contributed by atoms with E-state index in [2.05, 4.69) is 22.1 Å². The van der Waals surface area contributed by atoms with Gasteiger partial charge in [0, 0.05) is 24.6 Å². The molecule has 0 radical (unpaired) electrons. The van der Waals surface area contributed by atoms with E-state index in [-0.39, 0.29) is 17.6 Å². The number of aromatic hydroxyl groups is 1. The third kappa shape index (κ3) is 3.33. The molecule has 4 rings (SSSR count). The van der Waals surface area contributed by atoms with E-state index in [1.165, 1.54) is 6.07 Å². The van der Waals surface area contributed by atoms with E-state index in [1.54, 1.807) is 18.2 Å². The van der Waals surface area contributed by atoms with Crippen molar-refractivity contribution in [2.45, 2.75) is 18.8 Å². The zero-order valence-electron chi connectivity index (χ0n) is 14.4. The first-order valence-corrected chi connectivity index (χ1v) is 8.89. The van der Waals surface area contributed by atoms with E-state index in [0.29, 0.717) is 12.1 Å². The molecule has 3 aromatic rings. The standard InChI is InChI=1S/C21H21N3O2/c25-18-10-4-8-16(12-18)21(26)24-11-5-9-17(14-24)20-22-13-19(23-20)15-6-2-1-3-7-15/h1-4,6-8,10,12-13,17,25H,5,9,11,14H2,(H,22,23). The van der Waals surface area contributed by atoms with E-state index in [1.807, 2.05) is 29.3 Å². The van der Waals surface area contributed by atoms with Gasteiger partial charge in [0.05, 0.1) is 11.9 Å². The number of aromatic nitrogens is 2. The fourth-order valence-corrected chi connectivity index (χ4v) is 3.51. The van der Waals surface area contributed by atoms with Crippen LogP contribution in [0.5, 0.6) is 5.75 Å². The predicted molar refractivity (Wildman–Crippen MR) is 100 cm³/mol. The average Bonchev–Trinajstić information content (AvgIpc) is 3.18. The van der Waals surface area contributed by atoms with Gasteiger partial charge in [-0.3, -0.25) is 4.79 Å². The Morgan fingerprint density at radius 3 is 2.81 bits per heavy atom. The third-order valence-corrected chi connectivity index (χ3v) is 4.87. The van der Waals surface area contributed by atoms with Crippen molar-refractivity contribution in [2.24, 2.45) is 0 Å². The molecule has 2 aromatic carbocycles. The van der Waals surface area contributed by atoms with Crippen molar-refractivity contribution in [3.63, 3.8) is 0 Å². The molecule has 1 aliphatic rings. The van der Waals surface area contributed by atoms with Gasteiger partial charge in [0.25, 0.3) is 5.91 Å². The zero-order chi connectivity index (χ0) is 17.9. The number of H-pyrrole nitrogens is 1. The molecule has 1 saturated heterocycles. The number of phenols is 1. The Kier molecular flexibility index (Phi) is 4.44. The molecule has 2 N–H and O–H groups in total. The normalized spacial score (nSPS) is 17.2. The van der Waals surface area contributed by atoms with Crippen molar-refractivity contribution in [3.8, 4) is 17.0 Å². The Labute approximate surface area is 152 Å². The lowest BCUT2D eigenvalue weighted by Gasteiger charge is -2.32. The molecule has 5 nitrogen and oxygen atoms in total. The Morgan fingerprint density at radius 2 is 2.00 bits per heavy atom. The first-order chi connectivity index (χ1) is 12.7. The number of nitrogens with one attached hydrogen (secondary N) is 1. The van der Waals surface area contributed by atoms with Crippen LogP contribution in [0.15, 0.2) is 60.8 Å². The van der Waals surface area contributed by atoms with Crippen LogP contribution in [0.1, 0.15) is 34.9 Å². The first-order valence-electron chi connectivity index (χ1n) is 8.89. The molecule has 5 heteroatoms. The number of imidazole rings is 1. The van der Waals surface area contributed by atoms with Gasteiger partial charge < -0.3 is 15.0 Å². The van der Waals surface area contributed by atoms with Crippen molar-refractivity contribution in [2.75, 3.05) is 13.1 Å². The second-order valence-electron chi connectivity index (χ2n) is 6.69. The zero-order valence-corrected chi connectivity index (χ0v) is 14.4. The molecule has 0 bridgehead atoms. The quantitative estimate of drug-likeness (QED) is 0.757.